The Morgan fingerprint density at radius 3 is 2.84 bits per heavy atom. The Balaban J connectivity index is 1.97. The zero-order valence-electron chi connectivity index (χ0n) is 11.5. The summed E-state index contributed by atoms with van der Waals surface area (Å²) in [6.45, 7) is 6.54. The molecule has 2 atom stereocenters. The van der Waals surface area contributed by atoms with Gasteiger partial charge in [0.15, 0.2) is 0 Å². The van der Waals surface area contributed by atoms with Crippen LogP contribution in [0.5, 0.6) is 0 Å². The van der Waals surface area contributed by atoms with E-state index in [9.17, 15) is 10.1 Å². The molecule has 100 valence electrons. The molecule has 0 aromatic carbocycles. The molecule has 0 spiro atoms. The Kier molecular flexibility index (Phi) is 2.75. The molecule has 1 aromatic rings. The predicted molar refractivity (Wildman–Crippen MR) is 72.8 cm³/mol. The molecule has 0 amide bonds. The van der Waals surface area contributed by atoms with Gasteiger partial charge in [0, 0.05) is 37.3 Å². The lowest BCUT2D eigenvalue weighted by atomic mass is 9.81. The van der Waals surface area contributed by atoms with Crippen molar-refractivity contribution < 1.29 is 0 Å². The molecule has 0 aliphatic carbocycles. The standard InChI is InChI=1S/C15H19N3O/c1-15(2,10-16)17-7-11-6-12(9-17)13-4-3-5-14(19)18(13)8-11/h3-5,11-12H,6-9H2,1-2H3. The Morgan fingerprint density at radius 1 is 1.32 bits per heavy atom. The maximum absolute atomic E-state index is 11.9. The number of hydrogen-bond donors (Lipinski definition) is 0. The summed E-state index contributed by atoms with van der Waals surface area (Å²) in [5.41, 5.74) is 0.830. The van der Waals surface area contributed by atoms with Crippen molar-refractivity contribution in [3.05, 3.63) is 34.2 Å². The smallest absolute Gasteiger partial charge is 0.250 e. The first-order chi connectivity index (χ1) is 9.01. The summed E-state index contributed by atoms with van der Waals surface area (Å²) in [5.74, 6) is 0.869. The normalized spacial score (nSPS) is 26.6. The summed E-state index contributed by atoms with van der Waals surface area (Å²) < 4.78 is 1.93. The van der Waals surface area contributed by atoms with E-state index in [0.29, 0.717) is 11.8 Å². The number of pyridine rings is 1. The highest BCUT2D eigenvalue weighted by molar-refractivity contribution is 5.18. The van der Waals surface area contributed by atoms with Crippen molar-refractivity contribution in [2.24, 2.45) is 5.92 Å². The molecule has 2 bridgehead atoms. The minimum Gasteiger partial charge on any atom is -0.312 e. The molecule has 3 heterocycles. The highest BCUT2D eigenvalue weighted by Crippen LogP contribution is 2.37. The molecular weight excluding hydrogens is 238 g/mol. The summed E-state index contributed by atoms with van der Waals surface area (Å²) in [6.07, 6.45) is 1.14. The van der Waals surface area contributed by atoms with Gasteiger partial charge in [-0.25, -0.2) is 0 Å². The fourth-order valence-electron chi connectivity index (χ4n) is 3.42. The van der Waals surface area contributed by atoms with E-state index in [4.69, 9.17) is 0 Å². The monoisotopic (exact) mass is 257 g/mol. The number of hydrogen-bond acceptors (Lipinski definition) is 3. The van der Waals surface area contributed by atoms with Gasteiger partial charge < -0.3 is 4.57 Å². The zero-order valence-corrected chi connectivity index (χ0v) is 11.5. The molecule has 19 heavy (non-hydrogen) atoms. The van der Waals surface area contributed by atoms with Crippen molar-refractivity contribution in [3.8, 4) is 6.07 Å². The molecular formula is C15H19N3O. The van der Waals surface area contributed by atoms with Crippen molar-refractivity contribution in [2.45, 2.75) is 38.3 Å². The van der Waals surface area contributed by atoms with Gasteiger partial charge in [-0.05, 0) is 32.3 Å². The van der Waals surface area contributed by atoms with Gasteiger partial charge in [-0.3, -0.25) is 9.69 Å². The fraction of sp³-hybridized carbons (Fsp3) is 0.600. The second kappa shape index (κ2) is 4.21. The molecule has 2 unspecified atom stereocenters. The second-order valence-corrected chi connectivity index (χ2v) is 6.27. The van der Waals surface area contributed by atoms with Crippen LogP contribution in [0.3, 0.4) is 0 Å². The van der Waals surface area contributed by atoms with Crippen molar-refractivity contribution in [3.63, 3.8) is 0 Å². The van der Waals surface area contributed by atoms with Crippen LogP contribution in [-0.4, -0.2) is 28.1 Å². The van der Waals surface area contributed by atoms with Gasteiger partial charge in [0.05, 0.1) is 6.07 Å². The highest BCUT2D eigenvalue weighted by atomic mass is 16.1. The molecule has 3 rings (SSSR count). The molecule has 4 nitrogen and oxygen atoms in total. The summed E-state index contributed by atoms with van der Waals surface area (Å²) in [4.78, 5) is 14.2. The first-order valence-electron chi connectivity index (χ1n) is 6.87. The number of nitrogens with zero attached hydrogens (tertiary/aromatic N) is 3. The first-order valence-corrected chi connectivity index (χ1v) is 6.87. The Hall–Kier alpha value is -1.60. The molecule has 2 aliphatic heterocycles. The summed E-state index contributed by atoms with van der Waals surface area (Å²) in [6, 6.07) is 7.94. The molecule has 0 saturated carbocycles. The lowest BCUT2D eigenvalue weighted by Crippen LogP contribution is -2.54. The average molecular weight is 257 g/mol. The number of aromatic nitrogens is 1. The van der Waals surface area contributed by atoms with Gasteiger partial charge in [-0.15, -0.1) is 0 Å². The number of likely N-dealkylation sites (tertiary alicyclic amines) is 1. The van der Waals surface area contributed by atoms with Crippen molar-refractivity contribution >= 4 is 0 Å². The van der Waals surface area contributed by atoms with Crippen LogP contribution >= 0.6 is 0 Å². The van der Waals surface area contributed by atoms with Crippen molar-refractivity contribution in [1.29, 1.82) is 5.26 Å². The van der Waals surface area contributed by atoms with Crippen LogP contribution in [0.15, 0.2) is 23.0 Å². The molecule has 1 aromatic heterocycles. The topological polar surface area (TPSA) is 49.0 Å². The predicted octanol–water partition coefficient (Wildman–Crippen LogP) is 1.57. The van der Waals surface area contributed by atoms with E-state index < -0.39 is 5.54 Å². The van der Waals surface area contributed by atoms with Crippen LogP contribution in [0, 0.1) is 17.2 Å². The number of nitriles is 1. The van der Waals surface area contributed by atoms with E-state index >= 15 is 0 Å². The van der Waals surface area contributed by atoms with Crippen molar-refractivity contribution in [2.75, 3.05) is 13.1 Å². The Morgan fingerprint density at radius 2 is 2.11 bits per heavy atom. The number of fused-ring (bicyclic) bond motifs is 4. The van der Waals surface area contributed by atoms with Gasteiger partial charge in [0.25, 0.3) is 5.56 Å². The van der Waals surface area contributed by atoms with Crippen LogP contribution in [0.4, 0.5) is 0 Å². The number of rotatable bonds is 1. The Bertz CT molecular complexity index is 596. The number of piperidine rings is 1. The molecule has 1 fully saturated rings. The van der Waals surface area contributed by atoms with E-state index in [0.717, 1.165) is 31.7 Å². The van der Waals surface area contributed by atoms with Gasteiger partial charge >= 0.3 is 0 Å². The molecule has 4 heteroatoms. The second-order valence-electron chi connectivity index (χ2n) is 6.27. The average Bonchev–Trinajstić information content (AvgIpc) is 2.40. The van der Waals surface area contributed by atoms with Crippen molar-refractivity contribution in [1.82, 2.24) is 9.47 Å². The van der Waals surface area contributed by atoms with Gasteiger partial charge in [0.2, 0.25) is 0 Å². The molecule has 0 radical (unpaired) electrons. The van der Waals surface area contributed by atoms with Gasteiger partial charge in [-0.2, -0.15) is 5.26 Å². The molecule has 0 N–H and O–H groups in total. The molecule has 2 aliphatic rings. The van der Waals surface area contributed by atoms with E-state index in [1.165, 1.54) is 0 Å². The maximum Gasteiger partial charge on any atom is 0.250 e. The Labute approximate surface area is 113 Å². The minimum absolute atomic E-state index is 0.111. The van der Waals surface area contributed by atoms with E-state index in [-0.39, 0.29) is 5.56 Å². The lowest BCUT2D eigenvalue weighted by molar-refractivity contribution is 0.0650. The van der Waals surface area contributed by atoms with E-state index in [2.05, 4.69) is 17.0 Å². The van der Waals surface area contributed by atoms with Gasteiger partial charge in [-0.1, -0.05) is 6.07 Å². The summed E-state index contributed by atoms with van der Waals surface area (Å²) >= 11 is 0. The molecule has 1 saturated heterocycles. The fourth-order valence-corrected chi connectivity index (χ4v) is 3.42. The van der Waals surface area contributed by atoms with Crippen LogP contribution in [0.1, 0.15) is 31.9 Å². The summed E-state index contributed by atoms with van der Waals surface area (Å²) in [7, 11) is 0. The zero-order chi connectivity index (χ0) is 13.6. The maximum atomic E-state index is 11.9. The third-order valence-electron chi connectivity index (χ3n) is 4.54. The van der Waals surface area contributed by atoms with Gasteiger partial charge in [0.1, 0.15) is 5.54 Å². The van der Waals surface area contributed by atoms with Crippen LogP contribution in [0.25, 0.3) is 0 Å². The third kappa shape index (κ3) is 1.98. The van der Waals surface area contributed by atoms with E-state index in [1.54, 1.807) is 6.07 Å². The van der Waals surface area contributed by atoms with E-state index in [1.807, 2.05) is 24.5 Å². The first kappa shape index (κ1) is 12.4. The highest BCUT2D eigenvalue weighted by Gasteiger charge is 2.39. The SMILES string of the molecule is CC(C)(C#N)N1CC2CC(C1)c1cccc(=O)n1C2. The quantitative estimate of drug-likeness (QED) is 0.767. The minimum atomic E-state index is -0.422. The van der Waals surface area contributed by atoms with Crippen LogP contribution in [-0.2, 0) is 6.54 Å². The summed E-state index contributed by atoms with van der Waals surface area (Å²) in [5, 5.41) is 9.30. The van der Waals surface area contributed by atoms with Crippen LogP contribution < -0.4 is 5.56 Å². The third-order valence-corrected chi connectivity index (χ3v) is 4.54. The lowest BCUT2D eigenvalue weighted by Gasteiger charge is -2.46. The largest absolute Gasteiger partial charge is 0.312 e. The van der Waals surface area contributed by atoms with Crippen LogP contribution in [0.2, 0.25) is 0 Å².